The average molecular weight is 474 g/mol. The van der Waals surface area contributed by atoms with Crippen molar-refractivity contribution in [1.29, 1.82) is 0 Å². The van der Waals surface area contributed by atoms with Crippen LogP contribution < -0.4 is 0 Å². The van der Waals surface area contributed by atoms with Crippen LogP contribution in [0, 0.1) is 6.92 Å². The van der Waals surface area contributed by atoms with E-state index in [-0.39, 0.29) is 13.1 Å². The van der Waals surface area contributed by atoms with Crippen molar-refractivity contribution in [2.24, 2.45) is 0 Å². The van der Waals surface area contributed by atoms with E-state index in [9.17, 15) is 9.90 Å². The van der Waals surface area contributed by atoms with Gasteiger partial charge in [-0.05, 0) is 48.9 Å². The van der Waals surface area contributed by atoms with Crippen molar-refractivity contribution in [3.05, 3.63) is 89.2 Å². The standard InChI is InChI=1S/C24H20ClN7O2/c1-15-4-2-7-19(28-15)23-22(17-8-9-21-26-14-27-32(21)12-17)29-20(30-23)13-31(24(33)34)11-16-5-3-6-18(25)10-16/h2-10,12,14H,11,13H2,1H3,(H,29,30)(H,33,34). The highest BCUT2D eigenvalue weighted by molar-refractivity contribution is 6.30. The first-order valence-electron chi connectivity index (χ1n) is 10.5. The van der Waals surface area contributed by atoms with Crippen LogP contribution in [0.5, 0.6) is 0 Å². The first-order valence-corrected chi connectivity index (χ1v) is 10.9. The van der Waals surface area contributed by atoms with Crippen LogP contribution >= 0.6 is 11.6 Å². The third-order valence-electron chi connectivity index (χ3n) is 5.32. The maximum atomic E-state index is 12.0. The van der Waals surface area contributed by atoms with Crippen molar-refractivity contribution in [1.82, 2.24) is 34.4 Å². The number of fused-ring (bicyclic) bond motifs is 1. The number of aryl methyl sites for hydroxylation is 1. The number of hydrogen-bond donors (Lipinski definition) is 2. The van der Waals surface area contributed by atoms with E-state index in [0.717, 1.165) is 16.8 Å². The molecule has 5 rings (SSSR count). The lowest BCUT2D eigenvalue weighted by Crippen LogP contribution is -2.28. The molecule has 0 saturated carbocycles. The molecular formula is C24H20ClN7O2. The summed E-state index contributed by atoms with van der Waals surface area (Å²) < 4.78 is 1.67. The minimum absolute atomic E-state index is 0.0617. The Morgan fingerprint density at radius 1 is 1.12 bits per heavy atom. The fraction of sp³-hybridized carbons (Fsp3) is 0.125. The molecule has 0 aliphatic carbocycles. The first-order chi connectivity index (χ1) is 16.5. The van der Waals surface area contributed by atoms with E-state index in [1.54, 1.807) is 22.7 Å². The molecule has 170 valence electrons. The number of aromatic amines is 1. The number of halogens is 1. The van der Waals surface area contributed by atoms with Gasteiger partial charge in [-0.2, -0.15) is 5.10 Å². The van der Waals surface area contributed by atoms with Gasteiger partial charge in [0, 0.05) is 29.0 Å². The summed E-state index contributed by atoms with van der Waals surface area (Å²) in [6.45, 7) is 2.15. The van der Waals surface area contributed by atoms with Crippen molar-refractivity contribution in [3.8, 4) is 22.6 Å². The quantitative estimate of drug-likeness (QED) is 0.365. The number of H-pyrrole nitrogens is 1. The monoisotopic (exact) mass is 473 g/mol. The fourth-order valence-electron chi connectivity index (χ4n) is 3.76. The second-order valence-electron chi connectivity index (χ2n) is 7.82. The molecule has 0 radical (unpaired) electrons. The third-order valence-corrected chi connectivity index (χ3v) is 5.55. The number of aromatic nitrogens is 6. The molecule has 0 unspecified atom stereocenters. The summed E-state index contributed by atoms with van der Waals surface area (Å²) in [7, 11) is 0. The van der Waals surface area contributed by atoms with Crippen molar-refractivity contribution >= 4 is 23.3 Å². The van der Waals surface area contributed by atoms with E-state index in [2.05, 4.69) is 20.1 Å². The summed E-state index contributed by atoms with van der Waals surface area (Å²) in [5, 5.41) is 14.6. The van der Waals surface area contributed by atoms with Crippen LogP contribution in [-0.4, -0.2) is 45.6 Å². The van der Waals surface area contributed by atoms with Gasteiger partial charge >= 0.3 is 6.09 Å². The average Bonchev–Trinajstić information content (AvgIpc) is 3.45. The predicted octanol–water partition coefficient (Wildman–Crippen LogP) is 4.82. The molecule has 0 atom stereocenters. The number of amides is 1. The number of nitrogens with zero attached hydrogens (tertiary/aromatic N) is 6. The van der Waals surface area contributed by atoms with Crippen LogP contribution in [0.2, 0.25) is 5.02 Å². The normalized spacial score (nSPS) is 11.1. The van der Waals surface area contributed by atoms with Gasteiger partial charge in [0.05, 0.1) is 23.6 Å². The molecule has 5 aromatic rings. The molecule has 4 aromatic heterocycles. The molecule has 0 aliphatic rings. The van der Waals surface area contributed by atoms with Gasteiger partial charge in [-0.3, -0.25) is 9.88 Å². The van der Waals surface area contributed by atoms with Crippen molar-refractivity contribution in [2.75, 3.05) is 0 Å². The topological polar surface area (TPSA) is 112 Å². The lowest BCUT2D eigenvalue weighted by molar-refractivity contribution is 0.138. The van der Waals surface area contributed by atoms with Gasteiger partial charge in [-0.25, -0.2) is 19.3 Å². The number of pyridine rings is 2. The highest BCUT2D eigenvalue weighted by Crippen LogP contribution is 2.30. The van der Waals surface area contributed by atoms with Crippen LogP contribution in [0.4, 0.5) is 4.79 Å². The molecule has 9 nitrogen and oxygen atoms in total. The van der Waals surface area contributed by atoms with Gasteiger partial charge in [0.2, 0.25) is 0 Å². The SMILES string of the molecule is Cc1cccc(-c2[nH]c(CN(Cc3cccc(Cl)c3)C(=O)O)nc2-c2ccc3ncnn3c2)n1. The number of carbonyl (C=O) groups is 1. The van der Waals surface area contributed by atoms with E-state index in [4.69, 9.17) is 16.6 Å². The van der Waals surface area contributed by atoms with E-state index in [1.807, 2.05) is 49.5 Å². The van der Waals surface area contributed by atoms with Crippen LogP contribution in [0.3, 0.4) is 0 Å². The highest BCUT2D eigenvalue weighted by atomic mass is 35.5. The van der Waals surface area contributed by atoms with E-state index >= 15 is 0 Å². The first kappa shape index (κ1) is 21.6. The Hall–Kier alpha value is -4.24. The second-order valence-corrected chi connectivity index (χ2v) is 8.26. The second kappa shape index (κ2) is 8.95. The Kier molecular flexibility index (Phi) is 5.69. The third kappa shape index (κ3) is 4.46. The fourth-order valence-corrected chi connectivity index (χ4v) is 3.97. The lowest BCUT2D eigenvalue weighted by atomic mass is 10.1. The van der Waals surface area contributed by atoms with Crippen molar-refractivity contribution < 1.29 is 9.90 Å². The molecule has 1 amide bonds. The summed E-state index contributed by atoms with van der Waals surface area (Å²) in [4.78, 5) is 30.2. The van der Waals surface area contributed by atoms with E-state index in [1.165, 1.54) is 11.2 Å². The molecule has 2 N–H and O–H groups in total. The Bertz CT molecular complexity index is 1490. The Morgan fingerprint density at radius 2 is 1.97 bits per heavy atom. The molecule has 0 spiro atoms. The molecule has 34 heavy (non-hydrogen) atoms. The smallest absolute Gasteiger partial charge is 0.408 e. The van der Waals surface area contributed by atoms with E-state index in [0.29, 0.717) is 33.6 Å². The summed E-state index contributed by atoms with van der Waals surface area (Å²) in [6, 6.07) is 16.6. The predicted molar refractivity (Wildman–Crippen MR) is 127 cm³/mol. The number of rotatable bonds is 6. The molecule has 0 aliphatic heterocycles. The van der Waals surface area contributed by atoms with Gasteiger partial charge in [0.15, 0.2) is 5.65 Å². The number of benzene rings is 1. The Morgan fingerprint density at radius 3 is 2.76 bits per heavy atom. The van der Waals surface area contributed by atoms with Gasteiger partial charge in [0.25, 0.3) is 0 Å². The zero-order valence-electron chi connectivity index (χ0n) is 18.2. The molecule has 0 saturated heterocycles. The van der Waals surface area contributed by atoms with Crippen LogP contribution in [-0.2, 0) is 13.1 Å². The Balaban J connectivity index is 1.54. The molecule has 0 fully saturated rings. The minimum Gasteiger partial charge on any atom is -0.465 e. The molecular weight excluding hydrogens is 454 g/mol. The van der Waals surface area contributed by atoms with Gasteiger partial charge < -0.3 is 10.1 Å². The van der Waals surface area contributed by atoms with E-state index < -0.39 is 6.09 Å². The zero-order valence-corrected chi connectivity index (χ0v) is 18.9. The summed E-state index contributed by atoms with van der Waals surface area (Å²) in [5.41, 5.74) is 5.23. The lowest BCUT2D eigenvalue weighted by Gasteiger charge is -2.18. The van der Waals surface area contributed by atoms with Gasteiger partial charge in [-0.1, -0.05) is 29.8 Å². The molecule has 10 heteroatoms. The maximum Gasteiger partial charge on any atom is 0.408 e. The van der Waals surface area contributed by atoms with Crippen molar-refractivity contribution in [3.63, 3.8) is 0 Å². The minimum atomic E-state index is -1.06. The van der Waals surface area contributed by atoms with Gasteiger partial charge in [-0.15, -0.1) is 0 Å². The molecule has 4 heterocycles. The number of imidazole rings is 1. The summed E-state index contributed by atoms with van der Waals surface area (Å²) >= 11 is 6.07. The highest BCUT2D eigenvalue weighted by Gasteiger charge is 2.20. The number of nitrogens with one attached hydrogen (secondary N) is 1. The largest absolute Gasteiger partial charge is 0.465 e. The number of hydrogen-bond acceptors (Lipinski definition) is 5. The summed E-state index contributed by atoms with van der Waals surface area (Å²) in [6.07, 6.45) is 2.26. The van der Waals surface area contributed by atoms with Gasteiger partial charge in [0.1, 0.15) is 12.2 Å². The number of carboxylic acid groups (broad SMARTS) is 1. The van der Waals surface area contributed by atoms with Crippen molar-refractivity contribution in [2.45, 2.75) is 20.0 Å². The van der Waals surface area contributed by atoms with Crippen LogP contribution in [0.1, 0.15) is 17.1 Å². The summed E-state index contributed by atoms with van der Waals surface area (Å²) in [5.74, 6) is 0.497. The van der Waals surface area contributed by atoms with Crippen LogP contribution in [0.15, 0.2) is 67.1 Å². The molecule has 1 aromatic carbocycles. The molecule has 0 bridgehead atoms. The Labute approximate surface area is 199 Å². The van der Waals surface area contributed by atoms with Crippen LogP contribution in [0.25, 0.3) is 28.3 Å². The maximum absolute atomic E-state index is 12.0. The zero-order chi connectivity index (χ0) is 23.7.